The predicted molar refractivity (Wildman–Crippen MR) is 63.6 cm³/mol. The Bertz CT molecular complexity index is 361. The van der Waals surface area contributed by atoms with Gasteiger partial charge in [-0.05, 0) is 11.4 Å². The van der Waals surface area contributed by atoms with Gasteiger partial charge in [-0.15, -0.1) is 11.6 Å². The van der Waals surface area contributed by atoms with Crippen LogP contribution >= 0.6 is 22.9 Å². The Hall–Kier alpha value is -0.540. The van der Waals surface area contributed by atoms with Gasteiger partial charge in [0, 0.05) is 23.9 Å². The van der Waals surface area contributed by atoms with Gasteiger partial charge in [0.15, 0.2) is 0 Å². The van der Waals surface area contributed by atoms with Gasteiger partial charge in [0.2, 0.25) is 0 Å². The summed E-state index contributed by atoms with van der Waals surface area (Å²) in [5.74, 6) is 0.104. The molecular formula is C11H14ClNOS. The normalized spacial score (nSPS) is 24.5. The van der Waals surface area contributed by atoms with Crippen LogP contribution < -0.4 is 0 Å². The van der Waals surface area contributed by atoms with Crippen molar-refractivity contribution in [1.82, 2.24) is 4.90 Å². The fourth-order valence-corrected chi connectivity index (χ4v) is 2.68. The Labute approximate surface area is 98.8 Å². The molecule has 1 amide bonds. The topological polar surface area (TPSA) is 20.3 Å². The van der Waals surface area contributed by atoms with E-state index < -0.39 is 0 Å². The standard InChI is InChI=1S/C11H14ClNOS/c1-11(2)7-13(5-9(11)12)10(14)8-3-4-15-6-8/h3-4,6,9H,5,7H2,1-2H3. The van der Waals surface area contributed by atoms with Crippen LogP contribution in [0.25, 0.3) is 0 Å². The molecule has 0 N–H and O–H groups in total. The van der Waals surface area contributed by atoms with E-state index in [9.17, 15) is 4.79 Å². The molecule has 2 heterocycles. The molecule has 4 heteroatoms. The highest BCUT2D eigenvalue weighted by Crippen LogP contribution is 2.34. The van der Waals surface area contributed by atoms with Gasteiger partial charge in [-0.25, -0.2) is 0 Å². The van der Waals surface area contributed by atoms with E-state index in [1.165, 1.54) is 0 Å². The molecule has 1 aromatic rings. The van der Waals surface area contributed by atoms with E-state index >= 15 is 0 Å². The van der Waals surface area contributed by atoms with Crippen molar-refractivity contribution in [2.45, 2.75) is 19.2 Å². The summed E-state index contributed by atoms with van der Waals surface area (Å²) in [6.07, 6.45) is 0. The van der Waals surface area contributed by atoms with E-state index in [-0.39, 0.29) is 16.7 Å². The molecular weight excluding hydrogens is 230 g/mol. The number of carbonyl (C=O) groups excluding carboxylic acids is 1. The van der Waals surface area contributed by atoms with Gasteiger partial charge < -0.3 is 4.90 Å². The van der Waals surface area contributed by atoms with Crippen LogP contribution in [0.5, 0.6) is 0 Å². The minimum atomic E-state index is 0.0211. The van der Waals surface area contributed by atoms with Gasteiger partial charge in [0.1, 0.15) is 0 Å². The lowest BCUT2D eigenvalue weighted by molar-refractivity contribution is 0.0779. The predicted octanol–water partition coefficient (Wildman–Crippen LogP) is 2.84. The summed E-state index contributed by atoms with van der Waals surface area (Å²) in [6, 6.07) is 1.86. The minimum Gasteiger partial charge on any atom is -0.337 e. The third kappa shape index (κ3) is 2.04. The van der Waals surface area contributed by atoms with Gasteiger partial charge in [-0.3, -0.25) is 4.79 Å². The quantitative estimate of drug-likeness (QED) is 0.695. The van der Waals surface area contributed by atoms with Crippen LogP contribution in [0.15, 0.2) is 16.8 Å². The number of carbonyl (C=O) groups is 1. The molecule has 0 aromatic carbocycles. The molecule has 0 spiro atoms. The van der Waals surface area contributed by atoms with Crippen LogP contribution in [0.2, 0.25) is 0 Å². The van der Waals surface area contributed by atoms with E-state index in [0.717, 1.165) is 12.1 Å². The number of halogens is 1. The molecule has 1 unspecified atom stereocenters. The zero-order valence-electron chi connectivity index (χ0n) is 8.87. The maximum atomic E-state index is 12.0. The Balaban J connectivity index is 2.12. The monoisotopic (exact) mass is 243 g/mol. The summed E-state index contributed by atoms with van der Waals surface area (Å²) in [5.41, 5.74) is 0.800. The molecule has 2 nitrogen and oxygen atoms in total. The third-order valence-electron chi connectivity index (χ3n) is 2.88. The van der Waals surface area contributed by atoms with Gasteiger partial charge in [-0.2, -0.15) is 11.3 Å². The smallest absolute Gasteiger partial charge is 0.254 e. The first kappa shape index (κ1) is 11.0. The second-order valence-corrected chi connectivity index (χ2v) is 5.96. The van der Waals surface area contributed by atoms with Gasteiger partial charge in [0.05, 0.1) is 10.9 Å². The summed E-state index contributed by atoms with van der Waals surface area (Å²) in [6.45, 7) is 5.61. The first-order valence-electron chi connectivity index (χ1n) is 4.96. The molecule has 1 aromatic heterocycles. The van der Waals surface area contributed by atoms with Crippen molar-refractivity contribution in [2.75, 3.05) is 13.1 Å². The number of thiophene rings is 1. The largest absolute Gasteiger partial charge is 0.337 e. The van der Waals surface area contributed by atoms with Crippen LogP contribution in [0.4, 0.5) is 0 Å². The molecule has 1 atom stereocenters. The average molecular weight is 244 g/mol. The van der Waals surface area contributed by atoms with Gasteiger partial charge in [-0.1, -0.05) is 13.8 Å². The zero-order chi connectivity index (χ0) is 11.1. The zero-order valence-corrected chi connectivity index (χ0v) is 10.4. The molecule has 2 rings (SSSR count). The van der Waals surface area contributed by atoms with Gasteiger partial charge >= 0.3 is 0 Å². The van der Waals surface area contributed by atoms with E-state index in [4.69, 9.17) is 11.6 Å². The molecule has 1 aliphatic heterocycles. The number of amides is 1. The fraction of sp³-hybridized carbons (Fsp3) is 0.545. The Kier molecular flexibility index (Phi) is 2.77. The van der Waals surface area contributed by atoms with Crippen LogP contribution in [-0.2, 0) is 0 Å². The van der Waals surface area contributed by atoms with Crippen molar-refractivity contribution >= 4 is 28.8 Å². The molecule has 0 saturated carbocycles. The van der Waals surface area contributed by atoms with Crippen molar-refractivity contribution in [1.29, 1.82) is 0 Å². The minimum absolute atomic E-state index is 0.0211. The number of hydrogen-bond donors (Lipinski definition) is 0. The Morgan fingerprint density at radius 2 is 2.40 bits per heavy atom. The Morgan fingerprint density at radius 1 is 1.67 bits per heavy atom. The molecule has 1 aliphatic rings. The second kappa shape index (κ2) is 3.80. The highest BCUT2D eigenvalue weighted by molar-refractivity contribution is 7.08. The summed E-state index contributed by atoms with van der Waals surface area (Å²) in [7, 11) is 0. The molecule has 0 bridgehead atoms. The summed E-state index contributed by atoms with van der Waals surface area (Å²) >= 11 is 7.76. The van der Waals surface area contributed by atoms with E-state index in [1.54, 1.807) is 11.3 Å². The number of likely N-dealkylation sites (tertiary alicyclic amines) is 1. The highest BCUT2D eigenvalue weighted by Gasteiger charge is 2.40. The molecule has 0 aliphatic carbocycles. The summed E-state index contributed by atoms with van der Waals surface area (Å²) in [4.78, 5) is 13.9. The lowest BCUT2D eigenvalue weighted by Crippen LogP contribution is -2.29. The molecule has 1 saturated heterocycles. The summed E-state index contributed by atoms with van der Waals surface area (Å²) in [5, 5.41) is 3.86. The number of rotatable bonds is 1. The molecule has 1 fully saturated rings. The number of hydrogen-bond acceptors (Lipinski definition) is 2. The molecule has 82 valence electrons. The van der Waals surface area contributed by atoms with Crippen molar-refractivity contribution in [3.05, 3.63) is 22.4 Å². The van der Waals surface area contributed by atoms with Crippen LogP contribution in [0.3, 0.4) is 0 Å². The lowest BCUT2D eigenvalue weighted by Gasteiger charge is -2.20. The van der Waals surface area contributed by atoms with Crippen LogP contribution in [-0.4, -0.2) is 29.3 Å². The molecule has 0 radical (unpaired) electrons. The van der Waals surface area contributed by atoms with E-state index in [0.29, 0.717) is 6.54 Å². The van der Waals surface area contributed by atoms with Crippen LogP contribution in [0.1, 0.15) is 24.2 Å². The lowest BCUT2D eigenvalue weighted by atomic mass is 9.92. The SMILES string of the molecule is CC1(C)CN(C(=O)c2ccsc2)CC1Cl. The third-order valence-corrected chi connectivity index (χ3v) is 4.29. The van der Waals surface area contributed by atoms with E-state index in [2.05, 4.69) is 13.8 Å². The number of nitrogens with zero attached hydrogens (tertiary/aromatic N) is 1. The average Bonchev–Trinajstić information content (AvgIpc) is 2.74. The first-order valence-corrected chi connectivity index (χ1v) is 6.34. The fourth-order valence-electron chi connectivity index (χ4n) is 1.82. The maximum Gasteiger partial charge on any atom is 0.254 e. The van der Waals surface area contributed by atoms with Crippen molar-refractivity contribution in [3.63, 3.8) is 0 Å². The Morgan fingerprint density at radius 3 is 2.87 bits per heavy atom. The van der Waals surface area contributed by atoms with Crippen molar-refractivity contribution in [3.8, 4) is 0 Å². The van der Waals surface area contributed by atoms with Crippen molar-refractivity contribution < 1.29 is 4.79 Å². The summed E-state index contributed by atoms with van der Waals surface area (Å²) < 4.78 is 0. The van der Waals surface area contributed by atoms with Crippen molar-refractivity contribution in [2.24, 2.45) is 5.41 Å². The highest BCUT2D eigenvalue weighted by atomic mass is 35.5. The second-order valence-electron chi connectivity index (χ2n) is 4.65. The molecule has 15 heavy (non-hydrogen) atoms. The van der Waals surface area contributed by atoms with E-state index in [1.807, 2.05) is 21.7 Å². The van der Waals surface area contributed by atoms with Crippen LogP contribution in [0, 0.1) is 5.41 Å². The maximum absolute atomic E-state index is 12.0. The first-order chi connectivity index (χ1) is 7.00. The number of alkyl halides is 1. The van der Waals surface area contributed by atoms with Gasteiger partial charge in [0.25, 0.3) is 5.91 Å².